The molecule has 0 atom stereocenters. The summed E-state index contributed by atoms with van der Waals surface area (Å²) >= 11 is 0. The Kier molecular flexibility index (Phi) is 7.39. The van der Waals surface area contributed by atoms with Crippen LogP contribution in [-0.2, 0) is 9.53 Å². The maximum Gasteiger partial charge on any atom is 0.309 e. The van der Waals surface area contributed by atoms with Gasteiger partial charge in [-0.15, -0.1) is 0 Å². The molecule has 4 heteroatoms. The van der Waals surface area contributed by atoms with Crippen molar-refractivity contribution in [2.75, 3.05) is 26.2 Å². The van der Waals surface area contributed by atoms with E-state index in [0.29, 0.717) is 0 Å². The van der Waals surface area contributed by atoms with Gasteiger partial charge >= 0.3 is 5.97 Å². The first-order chi connectivity index (χ1) is 8.99. The second-order valence-corrected chi connectivity index (χ2v) is 6.37. The fourth-order valence-corrected chi connectivity index (χ4v) is 2.24. The monoisotopic (exact) mass is 270 g/mol. The molecule has 0 spiro atoms. The average molecular weight is 270 g/mol. The van der Waals surface area contributed by atoms with Crippen LogP contribution in [0.1, 0.15) is 52.9 Å². The zero-order chi connectivity index (χ0) is 14.1. The molecule has 0 bridgehead atoms. The summed E-state index contributed by atoms with van der Waals surface area (Å²) in [5.74, 6) is 0.0782. The van der Waals surface area contributed by atoms with Crippen LogP contribution in [0.2, 0.25) is 0 Å². The lowest BCUT2D eigenvalue weighted by Crippen LogP contribution is -2.35. The van der Waals surface area contributed by atoms with Crippen LogP contribution in [0.3, 0.4) is 0 Å². The number of hydrogen-bond donors (Lipinski definition) is 2. The van der Waals surface area contributed by atoms with E-state index in [-0.39, 0.29) is 17.5 Å². The molecule has 0 aliphatic carbocycles. The van der Waals surface area contributed by atoms with Gasteiger partial charge in [0, 0.05) is 0 Å². The van der Waals surface area contributed by atoms with Gasteiger partial charge in [-0.3, -0.25) is 4.79 Å². The number of esters is 1. The zero-order valence-corrected chi connectivity index (χ0v) is 12.8. The summed E-state index contributed by atoms with van der Waals surface area (Å²) in [7, 11) is 0. The number of rotatable bonds is 1. The van der Waals surface area contributed by atoms with Crippen molar-refractivity contribution in [3.8, 4) is 0 Å². The summed E-state index contributed by atoms with van der Waals surface area (Å²) in [5.41, 5.74) is -0.345. The summed E-state index contributed by atoms with van der Waals surface area (Å²) in [6, 6.07) is 0. The summed E-state index contributed by atoms with van der Waals surface area (Å²) < 4.78 is 5.31. The molecule has 2 aliphatic heterocycles. The van der Waals surface area contributed by atoms with E-state index in [1.165, 1.54) is 32.4 Å². The molecular weight excluding hydrogens is 240 g/mol. The predicted octanol–water partition coefficient (Wildman–Crippen LogP) is 2.09. The summed E-state index contributed by atoms with van der Waals surface area (Å²) in [6.45, 7) is 10.1. The maximum absolute atomic E-state index is 11.6. The lowest BCUT2D eigenvalue weighted by molar-refractivity contribution is -0.160. The van der Waals surface area contributed by atoms with Crippen molar-refractivity contribution >= 4 is 5.97 Å². The smallest absolute Gasteiger partial charge is 0.309 e. The van der Waals surface area contributed by atoms with E-state index < -0.39 is 0 Å². The normalized spacial score (nSPS) is 21.2. The third-order valence-electron chi connectivity index (χ3n) is 3.29. The molecule has 0 aromatic rings. The highest BCUT2D eigenvalue weighted by Gasteiger charge is 2.26. The SMILES string of the molecule is C1CCNCC1.CC(C)(C)OC(=O)C1CCNCC1. The van der Waals surface area contributed by atoms with Gasteiger partial charge in [0.15, 0.2) is 0 Å². The molecule has 0 unspecified atom stereocenters. The van der Waals surface area contributed by atoms with Crippen molar-refractivity contribution in [2.45, 2.75) is 58.5 Å². The van der Waals surface area contributed by atoms with E-state index >= 15 is 0 Å². The van der Waals surface area contributed by atoms with E-state index in [9.17, 15) is 4.79 Å². The summed E-state index contributed by atoms with van der Waals surface area (Å²) in [4.78, 5) is 11.6. The van der Waals surface area contributed by atoms with Gasteiger partial charge < -0.3 is 15.4 Å². The molecule has 0 aromatic heterocycles. The van der Waals surface area contributed by atoms with Gasteiger partial charge in [-0.1, -0.05) is 6.42 Å². The summed E-state index contributed by atoms with van der Waals surface area (Å²) in [6.07, 6.45) is 6.04. The molecule has 2 rings (SSSR count). The molecule has 0 amide bonds. The highest BCUT2D eigenvalue weighted by molar-refractivity contribution is 5.73. The lowest BCUT2D eigenvalue weighted by atomic mass is 9.98. The fraction of sp³-hybridized carbons (Fsp3) is 0.933. The largest absolute Gasteiger partial charge is 0.460 e. The lowest BCUT2D eigenvalue weighted by Gasteiger charge is -2.26. The first-order valence-corrected chi connectivity index (χ1v) is 7.63. The number of carbonyl (C=O) groups is 1. The van der Waals surface area contributed by atoms with Crippen molar-refractivity contribution < 1.29 is 9.53 Å². The Labute approximate surface area is 117 Å². The molecule has 19 heavy (non-hydrogen) atoms. The van der Waals surface area contributed by atoms with Crippen LogP contribution in [0, 0.1) is 5.92 Å². The Hall–Kier alpha value is -0.610. The Morgan fingerprint density at radius 2 is 1.47 bits per heavy atom. The molecule has 4 nitrogen and oxygen atoms in total. The number of nitrogens with one attached hydrogen (secondary N) is 2. The van der Waals surface area contributed by atoms with Crippen molar-refractivity contribution in [2.24, 2.45) is 5.92 Å². The van der Waals surface area contributed by atoms with Gasteiger partial charge in [0.05, 0.1) is 5.92 Å². The first kappa shape index (κ1) is 16.4. The van der Waals surface area contributed by atoms with Gasteiger partial charge in [0.1, 0.15) is 5.60 Å². The van der Waals surface area contributed by atoms with Gasteiger partial charge in [-0.25, -0.2) is 0 Å². The Bertz CT molecular complexity index is 240. The van der Waals surface area contributed by atoms with Crippen LogP contribution in [0.15, 0.2) is 0 Å². The van der Waals surface area contributed by atoms with E-state index in [1.807, 2.05) is 20.8 Å². The number of hydrogen-bond acceptors (Lipinski definition) is 4. The quantitative estimate of drug-likeness (QED) is 0.716. The topological polar surface area (TPSA) is 50.4 Å². The van der Waals surface area contributed by atoms with E-state index in [0.717, 1.165) is 25.9 Å². The molecule has 2 heterocycles. The minimum absolute atomic E-state index is 0.0333. The van der Waals surface area contributed by atoms with Crippen molar-refractivity contribution in [1.82, 2.24) is 10.6 Å². The second-order valence-electron chi connectivity index (χ2n) is 6.37. The van der Waals surface area contributed by atoms with Crippen LogP contribution < -0.4 is 10.6 Å². The Morgan fingerprint density at radius 1 is 0.947 bits per heavy atom. The van der Waals surface area contributed by atoms with Crippen molar-refractivity contribution in [3.63, 3.8) is 0 Å². The Morgan fingerprint density at radius 3 is 1.84 bits per heavy atom. The molecule has 112 valence electrons. The van der Waals surface area contributed by atoms with Crippen molar-refractivity contribution in [1.29, 1.82) is 0 Å². The minimum Gasteiger partial charge on any atom is -0.460 e. The first-order valence-electron chi connectivity index (χ1n) is 7.63. The third kappa shape index (κ3) is 8.22. The van der Waals surface area contributed by atoms with Crippen LogP contribution in [0.5, 0.6) is 0 Å². The maximum atomic E-state index is 11.6. The minimum atomic E-state index is -0.345. The van der Waals surface area contributed by atoms with Gasteiger partial charge in [0.2, 0.25) is 0 Å². The van der Waals surface area contributed by atoms with E-state index in [4.69, 9.17) is 4.74 Å². The predicted molar refractivity (Wildman–Crippen MR) is 78.2 cm³/mol. The zero-order valence-electron chi connectivity index (χ0n) is 12.8. The fourth-order valence-electron chi connectivity index (χ4n) is 2.24. The molecule has 0 aromatic carbocycles. The standard InChI is InChI=1S/C10H19NO2.C5H11N/c1-10(2,3)13-9(12)8-4-6-11-7-5-8;1-2-4-6-5-3-1/h8,11H,4-7H2,1-3H3;6H,1-5H2. The third-order valence-corrected chi connectivity index (χ3v) is 3.29. The molecule has 2 fully saturated rings. The molecule has 0 radical (unpaired) electrons. The molecular formula is C15H30N2O2. The highest BCUT2D eigenvalue weighted by Crippen LogP contribution is 2.17. The molecule has 2 aliphatic rings. The summed E-state index contributed by atoms with van der Waals surface area (Å²) in [5, 5.41) is 6.51. The van der Waals surface area contributed by atoms with Crippen molar-refractivity contribution in [3.05, 3.63) is 0 Å². The number of ether oxygens (including phenoxy) is 1. The second kappa shape index (κ2) is 8.54. The van der Waals surface area contributed by atoms with Gasteiger partial charge in [-0.2, -0.15) is 0 Å². The number of piperidine rings is 2. The molecule has 0 saturated carbocycles. The van der Waals surface area contributed by atoms with Crippen LogP contribution in [-0.4, -0.2) is 37.7 Å². The van der Waals surface area contributed by atoms with Crippen LogP contribution in [0.4, 0.5) is 0 Å². The van der Waals surface area contributed by atoms with Gasteiger partial charge in [0.25, 0.3) is 0 Å². The van der Waals surface area contributed by atoms with E-state index in [2.05, 4.69) is 10.6 Å². The average Bonchev–Trinajstić information content (AvgIpc) is 2.40. The van der Waals surface area contributed by atoms with Crippen LogP contribution >= 0.6 is 0 Å². The Balaban J connectivity index is 0.000000250. The number of carbonyl (C=O) groups excluding carboxylic acids is 1. The molecule has 2 N–H and O–H groups in total. The molecule has 2 saturated heterocycles. The van der Waals surface area contributed by atoms with Gasteiger partial charge in [-0.05, 0) is 72.6 Å². The highest BCUT2D eigenvalue weighted by atomic mass is 16.6. The van der Waals surface area contributed by atoms with Crippen LogP contribution in [0.25, 0.3) is 0 Å². The van der Waals surface area contributed by atoms with E-state index in [1.54, 1.807) is 0 Å².